The largest absolute Gasteiger partial charge is 0.356 e. The minimum absolute atomic E-state index is 0. The van der Waals surface area contributed by atoms with Gasteiger partial charge in [-0.25, -0.2) is 4.39 Å². The highest BCUT2D eigenvalue weighted by molar-refractivity contribution is 14.0. The molecule has 1 saturated carbocycles. The van der Waals surface area contributed by atoms with Crippen molar-refractivity contribution in [1.82, 2.24) is 10.6 Å². The number of aliphatic imine (C=N–C) groups is 1. The zero-order chi connectivity index (χ0) is 14.5. The summed E-state index contributed by atoms with van der Waals surface area (Å²) in [6.07, 6.45) is 3.13. The molecule has 2 unspecified atom stereocenters. The first-order chi connectivity index (χ1) is 9.67. The predicted molar refractivity (Wildman–Crippen MR) is 97.4 cm³/mol. The summed E-state index contributed by atoms with van der Waals surface area (Å²) in [6, 6.07) is 5.04. The Morgan fingerprint density at radius 1 is 1.48 bits per heavy atom. The van der Waals surface area contributed by atoms with Gasteiger partial charge in [-0.1, -0.05) is 31.0 Å². The van der Waals surface area contributed by atoms with Crippen LogP contribution in [-0.2, 0) is 0 Å². The predicted octanol–water partition coefficient (Wildman–Crippen LogP) is 3.92. The minimum Gasteiger partial charge on any atom is -0.356 e. The number of halogens is 3. The average Bonchev–Trinajstić information content (AvgIpc) is 3.16. The number of rotatable bonds is 5. The summed E-state index contributed by atoms with van der Waals surface area (Å²) in [4.78, 5) is 4.18. The third-order valence-electron chi connectivity index (χ3n) is 3.53. The first-order valence-corrected chi connectivity index (χ1v) is 7.46. The Kier molecular flexibility index (Phi) is 7.73. The van der Waals surface area contributed by atoms with Gasteiger partial charge in [0.2, 0.25) is 0 Å². The van der Waals surface area contributed by atoms with E-state index in [0.717, 1.165) is 31.8 Å². The minimum atomic E-state index is -0.222. The molecule has 1 fully saturated rings. The van der Waals surface area contributed by atoms with Gasteiger partial charge in [-0.15, -0.1) is 24.0 Å². The molecule has 2 atom stereocenters. The molecule has 21 heavy (non-hydrogen) atoms. The van der Waals surface area contributed by atoms with Gasteiger partial charge in [-0.05, 0) is 25.0 Å². The van der Waals surface area contributed by atoms with Crippen LogP contribution in [0.1, 0.15) is 37.7 Å². The first kappa shape index (κ1) is 18.5. The van der Waals surface area contributed by atoms with E-state index in [9.17, 15) is 4.39 Å². The molecule has 0 radical (unpaired) electrons. The quantitative estimate of drug-likeness (QED) is 0.325. The van der Waals surface area contributed by atoms with Gasteiger partial charge in [0.25, 0.3) is 0 Å². The van der Waals surface area contributed by atoms with E-state index in [1.165, 1.54) is 6.07 Å². The second-order valence-electron chi connectivity index (χ2n) is 5.08. The van der Waals surface area contributed by atoms with Gasteiger partial charge in [0, 0.05) is 36.1 Å². The van der Waals surface area contributed by atoms with Gasteiger partial charge in [-0.3, -0.25) is 4.99 Å². The van der Waals surface area contributed by atoms with Crippen LogP contribution in [0.5, 0.6) is 0 Å². The molecule has 1 aromatic rings. The van der Waals surface area contributed by atoms with Crippen molar-refractivity contribution in [2.24, 2.45) is 4.99 Å². The molecule has 0 saturated heterocycles. The molecule has 0 spiro atoms. The van der Waals surface area contributed by atoms with E-state index in [2.05, 4.69) is 22.5 Å². The fraction of sp³-hybridized carbons (Fsp3) is 0.533. The third-order valence-corrected chi connectivity index (χ3v) is 3.86. The van der Waals surface area contributed by atoms with Crippen molar-refractivity contribution in [3.63, 3.8) is 0 Å². The molecule has 3 nitrogen and oxygen atoms in total. The van der Waals surface area contributed by atoms with E-state index < -0.39 is 0 Å². The molecule has 0 aromatic heterocycles. The molecule has 0 heterocycles. The first-order valence-electron chi connectivity index (χ1n) is 7.08. The van der Waals surface area contributed by atoms with Crippen LogP contribution in [0.25, 0.3) is 0 Å². The summed E-state index contributed by atoms with van der Waals surface area (Å²) in [7, 11) is 1.74. The number of hydrogen-bond acceptors (Lipinski definition) is 1. The van der Waals surface area contributed by atoms with Gasteiger partial charge < -0.3 is 10.6 Å². The number of guanidine groups is 1. The number of unbranched alkanes of at least 4 members (excludes halogenated alkanes) is 1. The molecule has 1 aliphatic rings. The van der Waals surface area contributed by atoms with E-state index >= 15 is 0 Å². The molecular formula is C15H22ClFIN3. The highest BCUT2D eigenvalue weighted by atomic mass is 127. The average molecular weight is 426 g/mol. The van der Waals surface area contributed by atoms with E-state index in [1.807, 2.05) is 0 Å². The second kappa shape index (κ2) is 8.78. The van der Waals surface area contributed by atoms with Crippen LogP contribution in [0.3, 0.4) is 0 Å². The van der Waals surface area contributed by atoms with Gasteiger partial charge in [0.05, 0.1) is 0 Å². The lowest BCUT2D eigenvalue weighted by Crippen LogP contribution is -2.39. The standard InChI is InChI=1S/C15H21ClFN3.HI/c1-3-4-8-19-15(18-2)20-13-9-10(13)14-11(16)6-5-7-12(14)17;/h5-7,10,13H,3-4,8-9H2,1-2H3,(H2,18,19,20);1H. The number of nitrogens with one attached hydrogen (secondary N) is 2. The van der Waals surface area contributed by atoms with Crippen molar-refractivity contribution in [1.29, 1.82) is 0 Å². The van der Waals surface area contributed by atoms with Gasteiger partial charge in [-0.2, -0.15) is 0 Å². The molecule has 0 bridgehead atoms. The zero-order valence-corrected chi connectivity index (χ0v) is 15.4. The fourth-order valence-electron chi connectivity index (χ4n) is 2.29. The monoisotopic (exact) mass is 425 g/mol. The molecule has 0 amide bonds. The summed E-state index contributed by atoms with van der Waals surface area (Å²) in [5, 5.41) is 7.08. The fourth-order valence-corrected chi connectivity index (χ4v) is 2.60. The van der Waals surface area contributed by atoms with Crippen LogP contribution < -0.4 is 10.6 Å². The van der Waals surface area contributed by atoms with Crippen LogP contribution in [0.15, 0.2) is 23.2 Å². The van der Waals surface area contributed by atoms with E-state index in [1.54, 1.807) is 19.2 Å². The highest BCUT2D eigenvalue weighted by Gasteiger charge is 2.41. The molecule has 2 N–H and O–H groups in total. The SMILES string of the molecule is CCCCNC(=NC)NC1CC1c1c(F)cccc1Cl.I. The highest BCUT2D eigenvalue weighted by Crippen LogP contribution is 2.44. The smallest absolute Gasteiger partial charge is 0.191 e. The van der Waals surface area contributed by atoms with Crippen LogP contribution in [0, 0.1) is 5.82 Å². The summed E-state index contributed by atoms with van der Waals surface area (Å²) in [6.45, 7) is 3.04. The lowest BCUT2D eigenvalue weighted by Gasteiger charge is -2.12. The third kappa shape index (κ3) is 4.98. The van der Waals surface area contributed by atoms with E-state index in [-0.39, 0.29) is 41.8 Å². The van der Waals surface area contributed by atoms with Crippen LogP contribution in [-0.4, -0.2) is 25.6 Å². The number of nitrogens with zero attached hydrogens (tertiary/aromatic N) is 1. The molecule has 1 aromatic carbocycles. The Labute approximate surface area is 147 Å². The molecule has 2 rings (SSSR count). The number of hydrogen-bond donors (Lipinski definition) is 2. The summed E-state index contributed by atoms with van der Waals surface area (Å²) >= 11 is 6.09. The van der Waals surface area contributed by atoms with Gasteiger partial charge >= 0.3 is 0 Å². The second-order valence-corrected chi connectivity index (χ2v) is 5.49. The van der Waals surface area contributed by atoms with Gasteiger partial charge in [0.1, 0.15) is 5.82 Å². The maximum absolute atomic E-state index is 13.8. The topological polar surface area (TPSA) is 36.4 Å². The molecule has 118 valence electrons. The molecule has 6 heteroatoms. The lowest BCUT2D eigenvalue weighted by molar-refractivity contribution is 0.607. The summed E-state index contributed by atoms with van der Waals surface area (Å²) in [5.74, 6) is 0.688. The van der Waals surface area contributed by atoms with Crippen LogP contribution in [0.2, 0.25) is 5.02 Å². The van der Waals surface area contributed by atoms with Crippen molar-refractivity contribution < 1.29 is 4.39 Å². The van der Waals surface area contributed by atoms with E-state index in [0.29, 0.717) is 10.6 Å². The Morgan fingerprint density at radius 2 is 2.24 bits per heavy atom. The lowest BCUT2D eigenvalue weighted by atomic mass is 10.1. The van der Waals surface area contributed by atoms with Crippen molar-refractivity contribution in [3.8, 4) is 0 Å². The summed E-state index contributed by atoms with van der Waals surface area (Å²) in [5.41, 5.74) is 0.621. The van der Waals surface area contributed by atoms with Crippen LogP contribution in [0.4, 0.5) is 4.39 Å². The molecule has 0 aliphatic heterocycles. The molecule has 1 aliphatic carbocycles. The van der Waals surface area contributed by atoms with Crippen molar-refractivity contribution in [2.45, 2.75) is 38.1 Å². The van der Waals surface area contributed by atoms with Crippen LogP contribution >= 0.6 is 35.6 Å². The Bertz CT molecular complexity index is 476. The van der Waals surface area contributed by atoms with Crippen molar-refractivity contribution >= 4 is 41.5 Å². The molecular weight excluding hydrogens is 404 g/mol. The van der Waals surface area contributed by atoms with Gasteiger partial charge in [0.15, 0.2) is 5.96 Å². The zero-order valence-electron chi connectivity index (χ0n) is 12.3. The van der Waals surface area contributed by atoms with Crippen molar-refractivity contribution in [2.75, 3.05) is 13.6 Å². The maximum Gasteiger partial charge on any atom is 0.191 e. The Balaban J connectivity index is 0.00000220. The normalized spacial score (nSPS) is 20.7. The van der Waals surface area contributed by atoms with E-state index in [4.69, 9.17) is 11.6 Å². The Hall–Kier alpha value is -0.560. The Morgan fingerprint density at radius 3 is 2.86 bits per heavy atom. The van der Waals surface area contributed by atoms with Crippen molar-refractivity contribution in [3.05, 3.63) is 34.6 Å². The maximum atomic E-state index is 13.8. The number of benzene rings is 1. The summed E-state index contributed by atoms with van der Waals surface area (Å²) < 4.78 is 13.8.